The molecular weight excluding hydrogens is 749 g/mol. The molecule has 13 heteroatoms. The largest absolute Gasteiger partial charge is 0.480 e. The number of aromatic nitrogens is 2. The Kier molecular flexibility index (Phi) is 12.3. The Bertz CT molecular complexity index is 1920. The zero-order chi connectivity index (χ0) is 36.6. The van der Waals surface area contributed by atoms with Gasteiger partial charge in [-0.25, -0.2) is 4.68 Å². The van der Waals surface area contributed by atoms with Crippen molar-refractivity contribution in [3.63, 3.8) is 0 Å². The molecule has 3 aromatic carbocycles. The topological polar surface area (TPSA) is 88.2 Å². The third-order valence-corrected chi connectivity index (χ3v) is 11.8. The number of hydrogen-bond acceptors (Lipinski definition) is 4. The van der Waals surface area contributed by atoms with Crippen LogP contribution in [0.4, 0.5) is 17.2 Å². The summed E-state index contributed by atoms with van der Waals surface area (Å²) in [5.74, 6) is 0.668. The van der Waals surface area contributed by atoms with Gasteiger partial charge in [-0.15, -0.1) is 0 Å². The van der Waals surface area contributed by atoms with Crippen LogP contribution in [0.1, 0.15) is 84.4 Å². The molecule has 0 fully saturated rings. The predicted octanol–water partition coefficient (Wildman–Crippen LogP) is 12.3. The van der Waals surface area contributed by atoms with Gasteiger partial charge in [0, 0.05) is 11.3 Å². The lowest BCUT2D eigenvalue weighted by Gasteiger charge is -2.31. The Balaban J connectivity index is 1.61. The summed E-state index contributed by atoms with van der Waals surface area (Å²) in [4.78, 5) is 26.9. The molecule has 0 aliphatic carbocycles. The molecule has 1 unspecified atom stereocenters. The van der Waals surface area contributed by atoms with Crippen LogP contribution < -0.4 is 20.9 Å². The predicted molar refractivity (Wildman–Crippen MR) is 207 cm³/mol. The van der Waals surface area contributed by atoms with Crippen molar-refractivity contribution in [3.05, 3.63) is 93.6 Å². The summed E-state index contributed by atoms with van der Waals surface area (Å²) in [7, 11) is 0. The molecule has 7 nitrogen and oxygen atoms in total. The summed E-state index contributed by atoms with van der Waals surface area (Å²) in [6.07, 6.45) is 1.58. The zero-order valence-electron chi connectivity index (χ0n) is 28.6. The van der Waals surface area contributed by atoms with E-state index in [1.54, 1.807) is 25.1 Å². The molecule has 0 aliphatic rings. The number of H-pyrrole nitrogens is 1. The third kappa shape index (κ3) is 8.03. The highest BCUT2D eigenvalue weighted by atomic mass is 35.5. The van der Waals surface area contributed by atoms with Crippen LogP contribution in [0.3, 0.4) is 0 Å². The maximum Gasteiger partial charge on any atom is 0.276 e. The van der Waals surface area contributed by atoms with E-state index in [0.717, 1.165) is 23.1 Å². The van der Waals surface area contributed by atoms with E-state index < -0.39 is 11.7 Å². The third-order valence-electron chi connectivity index (χ3n) is 9.22. The average molecular weight is 789 g/mol. The SMILES string of the molecule is CCC(Oc1ccc(C(C)(C)CC)cc1C(C)(C)CC)C(=O)Nc1ccc(Cl)c(Nc2[nH]n(-c3c(Cl)c(Cl)c(Cl)c(Cl)c3Cl)c(=O)c2C)c1. The van der Waals surface area contributed by atoms with Crippen molar-refractivity contribution in [1.29, 1.82) is 0 Å². The van der Waals surface area contributed by atoms with Crippen molar-refractivity contribution in [2.75, 3.05) is 10.6 Å². The van der Waals surface area contributed by atoms with Crippen molar-refractivity contribution >= 4 is 92.7 Å². The number of anilines is 3. The Labute approximate surface area is 317 Å². The minimum Gasteiger partial charge on any atom is -0.480 e. The van der Waals surface area contributed by atoms with Crippen LogP contribution >= 0.6 is 69.6 Å². The van der Waals surface area contributed by atoms with Crippen molar-refractivity contribution in [3.8, 4) is 11.4 Å². The van der Waals surface area contributed by atoms with Crippen LogP contribution in [-0.2, 0) is 15.6 Å². The van der Waals surface area contributed by atoms with E-state index in [0.29, 0.717) is 39.9 Å². The lowest BCUT2D eigenvalue weighted by Crippen LogP contribution is -2.33. The van der Waals surface area contributed by atoms with Gasteiger partial charge in [0.1, 0.15) is 17.3 Å². The number of aromatic amines is 1. The first-order chi connectivity index (χ1) is 22.9. The molecule has 4 rings (SSSR count). The van der Waals surface area contributed by atoms with Crippen LogP contribution in [0.25, 0.3) is 5.69 Å². The molecule has 49 heavy (non-hydrogen) atoms. The fourth-order valence-corrected chi connectivity index (χ4v) is 6.56. The Morgan fingerprint density at radius 3 is 2.02 bits per heavy atom. The van der Waals surface area contributed by atoms with E-state index in [-0.39, 0.29) is 47.5 Å². The van der Waals surface area contributed by atoms with Gasteiger partial charge in [0.15, 0.2) is 6.10 Å². The lowest BCUT2D eigenvalue weighted by atomic mass is 9.76. The van der Waals surface area contributed by atoms with E-state index >= 15 is 0 Å². The summed E-state index contributed by atoms with van der Waals surface area (Å²) < 4.78 is 7.55. The highest BCUT2D eigenvalue weighted by Crippen LogP contribution is 2.45. The number of rotatable bonds is 12. The maximum absolute atomic E-state index is 13.6. The summed E-state index contributed by atoms with van der Waals surface area (Å²) >= 11 is 38.0. The van der Waals surface area contributed by atoms with E-state index in [1.165, 1.54) is 5.56 Å². The van der Waals surface area contributed by atoms with Gasteiger partial charge in [-0.2, -0.15) is 0 Å². The fraction of sp³-hybridized carbons (Fsp3) is 0.389. The summed E-state index contributed by atoms with van der Waals surface area (Å²) in [5.41, 5.74) is 2.88. The van der Waals surface area contributed by atoms with Crippen molar-refractivity contribution in [1.82, 2.24) is 9.78 Å². The molecule has 0 spiro atoms. The minimum absolute atomic E-state index is 0.00449. The Hall–Kier alpha value is -2.52. The molecular formula is C36H40Cl6N4O3. The molecule has 0 radical (unpaired) electrons. The number of nitrogens with one attached hydrogen (secondary N) is 3. The molecule has 4 aromatic rings. The lowest BCUT2D eigenvalue weighted by molar-refractivity contribution is -0.122. The summed E-state index contributed by atoms with van der Waals surface area (Å²) in [6, 6.07) is 11.3. The maximum atomic E-state index is 13.6. The standard InChI is InChI=1S/C36H40Cl6N4O3/c1-9-24(49-25-15-12-19(35(5,6)10-2)16-21(25)36(7,8)11-3)33(47)43-20-13-14-22(37)23(17-20)44-32-18(4)34(48)46(45-32)31-29(41)27(39)26(38)28(40)30(31)42/h12-17,24,44-45H,9-11H2,1-8H3,(H,43,47). The van der Waals surface area contributed by atoms with Gasteiger partial charge >= 0.3 is 0 Å². The van der Waals surface area contributed by atoms with Crippen LogP contribution in [-0.4, -0.2) is 21.8 Å². The Morgan fingerprint density at radius 2 is 1.45 bits per heavy atom. The number of benzene rings is 3. The van der Waals surface area contributed by atoms with Crippen LogP contribution in [0.2, 0.25) is 30.1 Å². The second kappa shape index (κ2) is 15.4. The first-order valence-electron chi connectivity index (χ1n) is 15.9. The molecule has 0 aliphatic heterocycles. The van der Waals surface area contributed by atoms with Gasteiger partial charge in [-0.3, -0.25) is 14.7 Å². The van der Waals surface area contributed by atoms with Gasteiger partial charge < -0.3 is 15.4 Å². The number of hydrogen-bond donors (Lipinski definition) is 3. The fourth-order valence-electron chi connectivity index (χ4n) is 5.10. The van der Waals surface area contributed by atoms with Crippen molar-refractivity contribution in [2.24, 2.45) is 0 Å². The first kappa shape index (κ1) is 39.3. The van der Waals surface area contributed by atoms with E-state index in [9.17, 15) is 9.59 Å². The average Bonchev–Trinajstić information content (AvgIpc) is 3.34. The quantitative estimate of drug-likeness (QED) is 0.0985. The molecule has 0 saturated heterocycles. The highest BCUT2D eigenvalue weighted by molar-refractivity contribution is 6.56. The van der Waals surface area contributed by atoms with Gasteiger partial charge in [0.2, 0.25) is 0 Å². The highest BCUT2D eigenvalue weighted by Gasteiger charge is 2.29. The molecule has 0 bridgehead atoms. The molecule has 1 atom stereocenters. The van der Waals surface area contributed by atoms with Gasteiger partial charge in [0.05, 0.1) is 41.4 Å². The summed E-state index contributed by atoms with van der Waals surface area (Å²) in [6.45, 7) is 16.7. The number of amides is 1. The number of halogens is 6. The van der Waals surface area contributed by atoms with E-state index in [1.807, 2.05) is 13.0 Å². The number of ether oxygens (including phenoxy) is 1. The number of carbonyl (C=O) groups excluding carboxylic acids is 1. The number of carbonyl (C=O) groups is 1. The monoisotopic (exact) mass is 786 g/mol. The van der Waals surface area contributed by atoms with Crippen molar-refractivity contribution < 1.29 is 9.53 Å². The number of nitrogens with zero attached hydrogens (tertiary/aromatic N) is 1. The van der Waals surface area contributed by atoms with Crippen LogP contribution in [0.5, 0.6) is 5.75 Å². The van der Waals surface area contributed by atoms with Crippen molar-refractivity contribution in [2.45, 2.75) is 91.6 Å². The van der Waals surface area contributed by atoms with E-state index in [2.05, 4.69) is 69.4 Å². The first-order valence-corrected chi connectivity index (χ1v) is 18.2. The van der Waals surface area contributed by atoms with Crippen LogP contribution in [0.15, 0.2) is 41.2 Å². The molecule has 264 valence electrons. The molecule has 1 amide bonds. The molecule has 0 saturated carbocycles. The molecule has 3 N–H and O–H groups in total. The van der Waals surface area contributed by atoms with Gasteiger partial charge in [0.25, 0.3) is 11.5 Å². The van der Waals surface area contributed by atoms with E-state index in [4.69, 9.17) is 74.3 Å². The summed E-state index contributed by atoms with van der Waals surface area (Å²) in [5, 5.41) is 9.13. The van der Waals surface area contributed by atoms with Gasteiger partial charge in [-0.05, 0) is 66.8 Å². The second-order valence-corrected chi connectivity index (χ2v) is 15.5. The minimum atomic E-state index is -0.760. The molecule has 1 aromatic heterocycles. The smallest absolute Gasteiger partial charge is 0.276 e. The zero-order valence-corrected chi connectivity index (χ0v) is 33.1. The molecule has 1 heterocycles. The van der Waals surface area contributed by atoms with Gasteiger partial charge in [-0.1, -0.05) is 130 Å². The normalized spacial score (nSPS) is 12.6. The Morgan fingerprint density at radius 1 is 0.857 bits per heavy atom. The second-order valence-electron chi connectivity index (χ2n) is 13.2. The van der Waals surface area contributed by atoms with Crippen LogP contribution in [0, 0.1) is 6.92 Å².